The summed E-state index contributed by atoms with van der Waals surface area (Å²) in [6.07, 6.45) is 11.2. The number of piperazine rings is 1. The Balaban J connectivity index is 1.03. The summed E-state index contributed by atoms with van der Waals surface area (Å²) < 4.78 is 40.2. The van der Waals surface area contributed by atoms with Crippen molar-refractivity contribution in [3.05, 3.63) is 78.1 Å². The van der Waals surface area contributed by atoms with Gasteiger partial charge in [0.25, 0.3) is 5.91 Å². The van der Waals surface area contributed by atoms with Crippen LogP contribution in [0.1, 0.15) is 114 Å². The van der Waals surface area contributed by atoms with Crippen molar-refractivity contribution in [3.8, 4) is 22.6 Å². The second kappa shape index (κ2) is 22.3. The van der Waals surface area contributed by atoms with Gasteiger partial charge < -0.3 is 42.9 Å². The lowest BCUT2D eigenvalue weighted by Gasteiger charge is -2.37. The fourth-order valence-electron chi connectivity index (χ4n) is 12.1. The van der Waals surface area contributed by atoms with Gasteiger partial charge in [-0.05, 0) is 101 Å². The van der Waals surface area contributed by atoms with E-state index in [-0.39, 0.29) is 49.1 Å². The van der Waals surface area contributed by atoms with Gasteiger partial charge in [-0.3, -0.25) is 29.3 Å². The minimum absolute atomic E-state index is 0.0303. The van der Waals surface area contributed by atoms with Crippen molar-refractivity contribution in [2.45, 2.75) is 128 Å². The third-order valence-corrected chi connectivity index (χ3v) is 16.5. The molecule has 8 heterocycles. The quantitative estimate of drug-likeness (QED) is 0.113. The van der Waals surface area contributed by atoms with Crippen LogP contribution in [0.25, 0.3) is 33.5 Å². The third-order valence-electron chi connectivity index (χ3n) is 16.5. The first-order valence-electron chi connectivity index (χ1n) is 27.6. The van der Waals surface area contributed by atoms with Crippen LogP contribution in [0, 0.1) is 17.3 Å². The normalized spacial score (nSPS) is 26.0. The zero-order valence-corrected chi connectivity index (χ0v) is 44.9. The summed E-state index contributed by atoms with van der Waals surface area (Å²) in [6.45, 7) is 16.9. The smallest absolute Gasteiger partial charge is 0.324 e. The van der Waals surface area contributed by atoms with Gasteiger partial charge >= 0.3 is 5.97 Å². The monoisotopic (exact) mass is 1040 g/mol. The molecule has 2 N–H and O–H groups in total. The van der Waals surface area contributed by atoms with Crippen LogP contribution in [0.15, 0.2) is 59.7 Å². The number of rotatable bonds is 14. The summed E-state index contributed by atoms with van der Waals surface area (Å²) in [5, 5.41) is 5.48. The van der Waals surface area contributed by atoms with Gasteiger partial charge in [-0.15, -0.1) is 0 Å². The van der Waals surface area contributed by atoms with Gasteiger partial charge in [0.15, 0.2) is 11.9 Å². The number of aromatic nitrogens is 5. The number of nitrogens with zero attached hydrogens (tertiary/aromatic N) is 8. The molecule has 6 bridgehead atoms. The predicted octanol–water partition coefficient (Wildman–Crippen LogP) is 6.57. The zero-order valence-electron chi connectivity index (χ0n) is 44.9. The number of methoxy groups -OCH3 is 1. The maximum absolute atomic E-state index is 15.0. The van der Waals surface area contributed by atoms with Crippen molar-refractivity contribution in [2.24, 2.45) is 17.3 Å². The zero-order chi connectivity index (χ0) is 52.7. The molecule has 5 aromatic rings. The molecule has 19 nitrogen and oxygen atoms in total. The van der Waals surface area contributed by atoms with Gasteiger partial charge in [-0.2, -0.15) is 0 Å². The lowest BCUT2D eigenvalue weighted by Crippen LogP contribution is -2.61. The molecule has 19 heteroatoms. The molecule has 4 aliphatic heterocycles. The number of anilines is 1. The van der Waals surface area contributed by atoms with Gasteiger partial charge in [0.2, 0.25) is 11.8 Å². The predicted molar refractivity (Wildman–Crippen MR) is 283 cm³/mol. The van der Waals surface area contributed by atoms with Gasteiger partial charge in [-0.1, -0.05) is 20.8 Å². The van der Waals surface area contributed by atoms with E-state index in [1.165, 1.54) is 24.2 Å². The van der Waals surface area contributed by atoms with E-state index in [9.17, 15) is 14.4 Å². The van der Waals surface area contributed by atoms with Crippen LogP contribution in [0.4, 0.5) is 5.69 Å². The largest absolute Gasteiger partial charge is 0.464 e. The second-order valence-electron chi connectivity index (χ2n) is 22.4. The molecule has 0 spiro atoms. The van der Waals surface area contributed by atoms with Crippen molar-refractivity contribution in [1.82, 2.24) is 45.2 Å². The van der Waals surface area contributed by atoms with E-state index in [1.54, 1.807) is 19.5 Å². The summed E-state index contributed by atoms with van der Waals surface area (Å²) in [7, 11) is 1.72. The molecule has 5 fully saturated rings. The number of hydrogen-bond acceptors (Lipinski definition) is 16. The number of oxazole rings is 1. The van der Waals surface area contributed by atoms with Gasteiger partial charge in [0.1, 0.15) is 18.4 Å². The Morgan fingerprint density at radius 3 is 2.54 bits per heavy atom. The average molecular weight is 1040 g/mol. The number of cyclic esters (lactones) is 1. The highest BCUT2D eigenvalue weighted by Crippen LogP contribution is 2.53. The molecular formula is C57H74N10O9. The van der Waals surface area contributed by atoms with E-state index in [0.29, 0.717) is 64.0 Å². The van der Waals surface area contributed by atoms with Gasteiger partial charge in [-0.25, -0.2) is 20.4 Å². The Bertz CT molecular complexity index is 2870. The van der Waals surface area contributed by atoms with Crippen molar-refractivity contribution in [1.29, 1.82) is 0 Å². The maximum atomic E-state index is 15.0. The molecule has 3 saturated heterocycles. The maximum Gasteiger partial charge on any atom is 0.324 e. The Morgan fingerprint density at radius 2 is 1.79 bits per heavy atom. The average Bonchev–Trinajstić information content (AvgIpc) is 4.36. The van der Waals surface area contributed by atoms with Crippen molar-refractivity contribution < 1.29 is 42.5 Å². The number of nitrogens with one attached hydrogen (secondary N) is 2. The van der Waals surface area contributed by atoms with Crippen LogP contribution in [0.5, 0.6) is 0 Å². The minimum atomic E-state index is -1.28. The molecule has 6 aliphatic rings. The number of fused-ring (bicyclic) bond motifs is 6. The van der Waals surface area contributed by atoms with Crippen LogP contribution < -0.4 is 15.6 Å². The first-order valence-corrected chi connectivity index (χ1v) is 27.6. The van der Waals surface area contributed by atoms with Crippen LogP contribution in [-0.2, 0) is 51.0 Å². The number of carbonyl (C=O) groups is 3. The fourth-order valence-corrected chi connectivity index (χ4v) is 12.1. The third kappa shape index (κ3) is 10.9. The number of benzene rings is 1. The molecule has 7 atom stereocenters. The lowest BCUT2D eigenvalue weighted by molar-refractivity contribution is -0.157. The first kappa shape index (κ1) is 52.2. The number of pyridine rings is 1. The molecular weight excluding hydrogens is 969 g/mol. The molecule has 2 amide bonds. The Kier molecular flexibility index (Phi) is 15.3. The highest BCUT2D eigenvalue weighted by molar-refractivity contribution is 5.95. The number of amides is 2. The minimum Gasteiger partial charge on any atom is -0.464 e. The second-order valence-corrected chi connectivity index (χ2v) is 22.4. The topological polar surface area (TPSA) is 201 Å². The first-order chi connectivity index (χ1) is 36.9. The summed E-state index contributed by atoms with van der Waals surface area (Å²) in [6, 6.07) is 9.05. The molecule has 2 saturated carbocycles. The highest BCUT2D eigenvalue weighted by Gasteiger charge is 2.54. The van der Waals surface area contributed by atoms with Gasteiger partial charge in [0.05, 0.1) is 54.9 Å². The van der Waals surface area contributed by atoms with Crippen LogP contribution >= 0.6 is 0 Å². The summed E-state index contributed by atoms with van der Waals surface area (Å²) in [5.41, 5.74) is 10.0. The standard InChI is InChI=1S/C57H74N10O9/c1-7-73-52-50(62-53(68)48-34(2)47(48)43-14-17-58-33-61-43)55(69)67-18-8-9-44(63-67)56(70)75-32-57(4,5)29-42-40-27-36(46-31-60-54(52)76-46)10-13-45(40)66(23-26-74-39-15-24-72-25-16-39)51(42)41-28-38(30-59-49(41)35(3)71-6)65-21-19-64(20-22-65)37-11-12-37/h10,13-14,17,27-28,30-31,33-35,37,39,44,47-48,50,52,63H,7-9,11-12,15-16,18-26,29,32H2,1-6H3,(H,62,68)/t34-,35-,44-,47-,48+,50-,52+/m0/s1. The molecule has 1 aromatic carbocycles. The Hall–Kier alpha value is -5.83. The summed E-state index contributed by atoms with van der Waals surface area (Å²) >= 11 is 0. The number of ether oxygens (including phenoxy) is 5. The Labute approximate surface area is 444 Å². The van der Waals surface area contributed by atoms with E-state index >= 15 is 0 Å². The van der Waals surface area contributed by atoms with E-state index in [0.717, 1.165) is 89.4 Å². The van der Waals surface area contributed by atoms with Crippen LogP contribution in [0.2, 0.25) is 0 Å². The molecule has 4 aromatic heterocycles. The number of esters is 1. The highest BCUT2D eigenvalue weighted by atomic mass is 16.5. The van der Waals surface area contributed by atoms with Crippen molar-refractivity contribution in [2.75, 3.05) is 77.8 Å². The molecule has 406 valence electrons. The lowest BCUT2D eigenvalue weighted by atomic mass is 9.84. The number of hydrazine groups is 1. The van der Waals surface area contributed by atoms with Crippen molar-refractivity contribution >= 4 is 34.4 Å². The van der Waals surface area contributed by atoms with Crippen molar-refractivity contribution in [3.63, 3.8) is 0 Å². The van der Waals surface area contributed by atoms with Crippen LogP contribution in [-0.4, -0.2) is 149 Å². The van der Waals surface area contributed by atoms with E-state index in [1.807, 2.05) is 39.1 Å². The molecule has 0 unspecified atom stereocenters. The fraction of sp³-hybridized carbons (Fsp3) is 0.596. The van der Waals surface area contributed by atoms with E-state index in [4.69, 9.17) is 38.1 Å². The van der Waals surface area contributed by atoms with E-state index < -0.39 is 41.4 Å². The number of hydrogen-bond donors (Lipinski definition) is 2. The molecule has 76 heavy (non-hydrogen) atoms. The Morgan fingerprint density at radius 1 is 0.974 bits per heavy atom. The summed E-state index contributed by atoms with van der Waals surface area (Å²) in [5.74, 6) is -1.29. The molecule has 11 rings (SSSR count). The van der Waals surface area contributed by atoms with Gasteiger partial charge in [0, 0.05) is 123 Å². The molecule has 2 aliphatic carbocycles. The SMILES string of the molecule is CCO[C@H]1c2ncc(o2)-c2ccc3c(c2)c(c(-c2cc(N4CCN(C5CC5)CC4)cnc2[C@H](C)OC)n3CCOC2CCOCC2)CC(C)(C)COC(=O)[C@@H]2CCCN(N2)C(=O)[C@H]1NC(=O)[C@@H]1[C@@H](C)[C@H]1c1ccncn1. The number of carbonyl (C=O) groups excluding carboxylic acids is 3. The van der Waals surface area contributed by atoms with E-state index in [2.05, 4.69) is 67.1 Å². The van der Waals surface area contributed by atoms with Crippen LogP contribution in [0.3, 0.4) is 0 Å². The molecule has 0 radical (unpaired) electrons. The summed E-state index contributed by atoms with van der Waals surface area (Å²) in [4.78, 5) is 67.3.